The summed E-state index contributed by atoms with van der Waals surface area (Å²) in [6, 6.07) is 14.6. The molecule has 2 aliphatic rings. The Balaban J connectivity index is 1.48. The van der Waals surface area contributed by atoms with Gasteiger partial charge in [0.15, 0.2) is 0 Å². The normalized spacial score (nSPS) is 20.2. The molecule has 0 spiro atoms. The standard InChI is InChI=1S/C28H37BClNO4/c1-26(2,3)33-25(32)31-16-14-20(15-17-31)19-8-10-21(11-9-19)23-13-12-22(30)18-24(23)29-34-27(4,5)28(6,7)35-29/h8-13,18,20H,14-17H2,1-7H3. The SMILES string of the molecule is CC(C)(C)OC(=O)N1CCC(c2ccc(-c3ccc(Cl)cc3B3OC(C)(C)C(C)(C)O3)cc2)CC1. The fourth-order valence-corrected chi connectivity index (χ4v) is 4.80. The van der Waals surface area contributed by atoms with E-state index in [4.69, 9.17) is 25.6 Å². The molecular formula is C28H37BClNO4. The van der Waals surface area contributed by atoms with Crippen molar-refractivity contribution in [2.24, 2.45) is 0 Å². The number of hydrogen-bond acceptors (Lipinski definition) is 4. The van der Waals surface area contributed by atoms with Crippen molar-refractivity contribution >= 4 is 30.3 Å². The lowest BCUT2D eigenvalue weighted by atomic mass is 9.74. The van der Waals surface area contributed by atoms with Gasteiger partial charge in [0.2, 0.25) is 0 Å². The second kappa shape index (κ2) is 9.46. The van der Waals surface area contributed by atoms with Gasteiger partial charge in [-0.05, 0) is 102 Å². The third kappa shape index (κ3) is 5.71. The Labute approximate surface area is 215 Å². The molecule has 2 fully saturated rings. The maximum atomic E-state index is 12.4. The van der Waals surface area contributed by atoms with Crippen molar-refractivity contribution < 1.29 is 18.8 Å². The highest BCUT2D eigenvalue weighted by atomic mass is 35.5. The largest absolute Gasteiger partial charge is 0.495 e. The average Bonchev–Trinajstić information content (AvgIpc) is 2.99. The van der Waals surface area contributed by atoms with Crippen molar-refractivity contribution in [2.75, 3.05) is 13.1 Å². The van der Waals surface area contributed by atoms with Gasteiger partial charge in [-0.2, -0.15) is 0 Å². The van der Waals surface area contributed by atoms with Crippen LogP contribution in [0.15, 0.2) is 42.5 Å². The Hall–Kier alpha value is -2.02. The summed E-state index contributed by atoms with van der Waals surface area (Å²) in [5, 5.41) is 0.659. The van der Waals surface area contributed by atoms with Crippen LogP contribution in [0.5, 0.6) is 0 Å². The van der Waals surface area contributed by atoms with Crippen molar-refractivity contribution in [3.05, 3.63) is 53.1 Å². The first-order valence-electron chi connectivity index (χ1n) is 12.5. The van der Waals surface area contributed by atoms with E-state index in [-0.39, 0.29) is 6.09 Å². The fourth-order valence-electron chi connectivity index (χ4n) is 4.62. The third-order valence-corrected chi connectivity index (χ3v) is 7.60. The summed E-state index contributed by atoms with van der Waals surface area (Å²) >= 11 is 6.37. The summed E-state index contributed by atoms with van der Waals surface area (Å²) in [5.74, 6) is 0.426. The van der Waals surface area contributed by atoms with Gasteiger partial charge in [0.1, 0.15) is 5.60 Å². The molecular weight excluding hydrogens is 461 g/mol. The van der Waals surface area contributed by atoms with Gasteiger partial charge in [-0.3, -0.25) is 0 Å². The predicted octanol–water partition coefficient (Wildman–Crippen LogP) is 6.42. The zero-order valence-electron chi connectivity index (χ0n) is 22.0. The molecule has 0 aliphatic carbocycles. The third-order valence-electron chi connectivity index (χ3n) is 7.36. The molecule has 0 bridgehead atoms. The van der Waals surface area contributed by atoms with Crippen LogP contribution in [0.4, 0.5) is 4.79 Å². The first kappa shape index (κ1) is 26.1. The van der Waals surface area contributed by atoms with Gasteiger partial charge >= 0.3 is 13.2 Å². The lowest BCUT2D eigenvalue weighted by molar-refractivity contribution is 0.00578. The van der Waals surface area contributed by atoms with Gasteiger partial charge in [0, 0.05) is 18.1 Å². The number of carbonyl (C=O) groups excluding carboxylic acids is 1. The number of piperidine rings is 1. The van der Waals surface area contributed by atoms with E-state index in [9.17, 15) is 4.79 Å². The second-order valence-corrected chi connectivity index (χ2v) is 12.1. The first-order chi connectivity index (χ1) is 16.3. The molecule has 5 nitrogen and oxygen atoms in total. The van der Waals surface area contributed by atoms with E-state index in [0.717, 1.165) is 29.4 Å². The summed E-state index contributed by atoms with van der Waals surface area (Å²) in [6.45, 7) is 15.4. The van der Waals surface area contributed by atoms with Gasteiger partial charge in [-0.1, -0.05) is 41.9 Å². The highest BCUT2D eigenvalue weighted by molar-refractivity contribution is 6.64. The summed E-state index contributed by atoms with van der Waals surface area (Å²) < 4.78 is 18.2. The fraction of sp³-hybridized carbons (Fsp3) is 0.536. The van der Waals surface area contributed by atoms with E-state index in [0.29, 0.717) is 24.0 Å². The van der Waals surface area contributed by atoms with E-state index in [1.54, 1.807) is 0 Å². The molecule has 0 aromatic heterocycles. The highest BCUT2D eigenvalue weighted by Gasteiger charge is 2.52. The molecule has 188 valence electrons. The number of benzene rings is 2. The van der Waals surface area contributed by atoms with Gasteiger partial charge in [0.05, 0.1) is 11.2 Å². The zero-order chi connectivity index (χ0) is 25.6. The summed E-state index contributed by atoms with van der Waals surface area (Å²) in [6.07, 6.45) is 1.64. The van der Waals surface area contributed by atoms with Crippen LogP contribution in [-0.2, 0) is 14.0 Å². The summed E-state index contributed by atoms with van der Waals surface area (Å²) in [4.78, 5) is 14.2. The maximum absolute atomic E-state index is 12.4. The number of amides is 1. The minimum Gasteiger partial charge on any atom is -0.444 e. The van der Waals surface area contributed by atoms with Gasteiger partial charge in [-0.25, -0.2) is 4.79 Å². The van der Waals surface area contributed by atoms with E-state index >= 15 is 0 Å². The maximum Gasteiger partial charge on any atom is 0.495 e. The van der Waals surface area contributed by atoms with Gasteiger partial charge < -0.3 is 18.9 Å². The van der Waals surface area contributed by atoms with Crippen LogP contribution in [0.3, 0.4) is 0 Å². The number of likely N-dealkylation sites (tertiary alicyclic amines) is 1. The van der Waals surface area contributed by atoms with E-state index in [1.807, 2.05) is 43.9 Å². The molecule has 0 radical (unpaired) electrons. The van der Waals surface area contributed by atoms with Crippen LogP contribution >= 0.6 is 11.6 Å². The summed E-state index contributed by atoms with van der Waals surface area (Å²) in [7, 11) is -0.481. The van der Waals surface area contributed by atoms with E-state index in [1.165, 1.54) is 5.56 Å². The number of nitrogens with zero attached hydrogens (tertiary/aromatic N) is 1. The molecule has 0 N–H and O–H groups in total. The summed E-state index contributed by atoms with van der Waals surface area (Å²) in [5.41, 5.74) is 3.08. The second-order valence-electron chi connectivity index (χ2n) is 11.7. The van der Waals surface area contributed by atoms with Gasteiger partial charge in [-0.15, -0.1) is 0 Å². The van der Waals surface area contributed by atoms with Crippen molar-refractivity contribution in [3.8, 4) is 11.1 Å². The Bertz CT molecular complexity index is 1050. The van der Waals surface area contributed by atoms with Crippen molar-refractivity contribution in [1.82, 2.24) is 4.90 Å². The van der Waals surface area contributed by atoms with E-state index in [2.05, 4.69) is 52.0 Å². The van der Waals surface area contributed by atoms with Crippen LogP contribution in [0.25, 0.3) is 11.1 Å². The number of carbonyl (C=O) groups is 1. The van der Waals surface area contributed by atoms with Crippen LogP contribution in [0.2, 0.25) is 5.02 Å². The number of hydrogen-bond donors (Lipinski definition) is 0. The lowest BCUT2D eigenvalue weighted by Gasteiger charge is -2.33. The number of rotatable bonds is 3. The molecule has 1 amide bonds. The first-order valence-corrected chi connectivity index (χ1v) is 12.9. The van der Waals surface area contributed by atoms with Crippen LogP contribution < -0.4 is 5.46 Å². The monoisotopic (exact) mass is 497 g/mol. The van der Waals surface area contributed by atoms with Crippen molar-refractivity contribution in [1.29, 1.82) is 0 Å². The quantitative estimate of drug-likeness (QED) is 0.459. The molecule has 0 unspecified atom stereocenters. The number of ether oxygens (including phenoxy) is 1. The minimum atomic E-state index is -0.481. The Morgan fingerprint density at radius 2 is 1.57 bits per heavy atom. The smallest absolute Gasteiger partial charge is 0.444 e. The molecule has 2 heterocycles. The van der Waals surface area contributed by atoms with E-state index < -0.39 is 23.9 Å². The molecule has 2 aromatic carbocycles. The van der Waals surface area contributed by atoms with Crippen molar-refractivity contribution in [3.63, 3.8) is 0 Å². The molecule has 35 heavy (non-hydrogen) atoms. The minimum absolute atomic E-state index is 0.218. The highest BCUT2D eigenvalue weighted by Crippen LogP contribution is 2.38. The van der Waals surface area contributed by atoms with Crippen molar-refractivity contribution in [2.45, 2.75) is 84.0 Å². The van der Waals surface area contributed by atoms with Crippen LogP contribution in [-0.4, -0.2) is 48.0 Å². The predicted molar refractivity (Wildman–Crippen MR) is 142 cm³/mol. The molecule has 4 rings (SSSR count). The zero-order valence-corrected chi connectivity index (χ0v) is 22.7. The van der Waals surface area contributed by atoms with Gasteiger partial charge in [0.25, 0.3) is 0 Å². The average molecular weight is 498 g/mol. The molecule has 0 atom stereocenters. The Morgan fingerprint density at radius 3 is 2.11 bits per heavy atom. The molecule has 2 aromatic rings. The van der Waals surface area contributed by atoms with Crippen LogP contribution in [0.1, 0.15) is 72.8 Å². The Kier molecular flexibility index (Phi) is 7.04. The molecule has 2 saturated heterocycles. The number of halogens is 1. The topological polar surface area (TPSA) is 48.0 Å². The molecule has 7 heteroatoms. The lowest BCUT2D eigenvalue weighted by Crippen LogP contribution is -2.41. The molecule has 0 saturated carbocycles. The van der Waals surface area contributed by atoms with Crippen LogP contribution in [0, 0.1) is 0 Å². The Morgan fingerprint density at radius 1 is 1.00 bits per heavy atom. The molecule has 2 aliphatic heterocycles.